The van der Waals surface area contributed by atoms with Crippen molar-refractivity contribution in [2.75, 3.05) is 41.3 Å². The quantitative estimate of drug-likeness (QED) is 0.0833. The molecule has 8 nitrogen and oxygen atoms in total. The molecule has 0 saturated carbocycles. The highest BCUT2D eigenvalue weighted by Gasteiger charge is 2.06. The summed E-state index contributed by atoms with van der Waals surface area (Å²) >= 11 is 0. The molecule has 0 fully saturated rings. The van der Waals surface area contributed by atoms with Crippen molar-refractivity contribution < 1.29 is 31.5 Å². The molecule has 0 aliphatic carbocycles. The van der Waals surface area contributed by atoms with Gasteiger partial charge in [0, 0.05) is 19.4 Å². The Morgan fingerprint density at radius 3 is 2.18 bits per heavy atom. The predicted molar refractivity (Wildman–Crippen MR) is 138 cm³/mol. The van der Waals surface area contributed by atoms with Crippen LogP contribution >= 0.6 is 0 Å². The number of quaternary nitrogens is 1. The number of aliphatic hydroxyl groups is 1. The molecule has 0 radical (unpaired) electrons. The summed E-state index contributed by atoms with van der Waals surface area (Å²) in [5.74, 6) is 0.206. The maximum Gasteiger partial charge on any atom is 0.219 e. The Balaban J connectivity index is 0. The van der Waals surface area contributed by atoms with Gasteiger partial charge < -0.3 is 19.5 Å². The van der Waals surface area contributed by atoms with E-state index in [9.17, 15) is 22.9 Å². The first-order chi connectivity index (χ1) is 15.9. The number of nitrogens with one attached hydrogen (secondary N) is 1. The zero-order valence-corrected chi connectivity index (χ0v) is 23.2. The zero-order chi connectivity index (χ0) is 26.3. The van der Waals surface area contributed by atoms with Gasteiger partial charge in [0.15, 0.2) is 0 Å². The minimum absolute atomic E-state index is 0.160. The van der Waals surface area contributed by atoms with Gasteiger partial charge in [-0.2, -0.15) is 0 Å². The van der Waals surface area contributed by atoms with Crippen LogP contribution in [0.5, 0.6) is 0 Å². The van der Waals surface area contributed by atoms with Crippen LogP contribution < -0.4 is 5.32 Å². The Hall–Kier alpha value is -1.00. The molecule has 0 spiro atoms. The van der Waals surface area contributed by atoms with Crippen LogP contribution in [-0.4, -0.2) is 75.9 Å². The molecule has 1 atom stereocenters. The van der Waals surface area contributed by atoms with Gasteiger partial charge in [0.1, 0.15) is 0 Å². The van der Waals surface area contributed by atoms with E-state index in [4.69, 9.17) is 0 Å². The summed E-state index contributed by atoms with van der Waals surface area (Å²) < 4.78 is 32.0. The lowest BCUT2D eigenvalue weighted by atomic mass is 10.1. The van der Waals surface area contributed by atoms with Gasteiger partial charge in [-0.15, -0.1) is 0 Å². The van der Waals surface area contributed by atoms with Gasteiger partial charge in [-0.3, -0.25) is 8.98 Å². The molecule has 0 aliphatic heterocycles. The minimum Gasteiger partial charge on any atom is -0.726 e. The predicted octanol–water partition coefficient (Wildman–Crippen LogP) is 4.30. The molecule has 0 saturated heterocycles. The first kappa shape index (κ1) is 35.2. The molecule has 1 amide bonds. The van der Waals surface area contributed by atoms with E-state index in [0.717, 1.165) is 69.6 Å². The zero-order valence-electron chi connectivity index (χ0n) is 22.4. The molecule has 34 heavy (non-hydrogen) atoms. The van der Waals surface area contributed by atoms with Crippen molar-refractivity contribution in [3.05, 3.63) is 12.2 Å². The molecule has 0 rings (SSSR count). The molecular formula is C25H52N2O6S. The summed E-state index contributed by atoms with van der Waals surface area (Å²) in [7, 11) is 2.93. The number of unbranched alkanes of at least 4 members (excludes halogenated alkanes) is 8. The molecule has 0 aromatic carbocycles. The number of hydrogen-bond donors (Lipinski definition) is 2. The molecule has 204 valence electrons. The Morgan fingerprint density at radius 1 is 1.00 bits per heavy atom. The molecule has 0 aromatic heterocycles. The molecule has 0 aromatic rings. The van der Waals surface area contributed by atoms with Gasteiger partial charge in [0.2, 0.25) is 16.3 Å². The number of hydrogen-bond acceptors (Lipinski definition) is 6. The molecule has 0 aliphatic rings. The maximum absolute atomic E-state index is 11.8. The first-order valence-electron chi connectivity index (χ1n) is 12.8. The molecule has 0 bridgehead atoms. The van der Waals surface area contributed by atoms with Crippen LogP contribution in [0.15, 0.2) is 12.2 Å². The number of aliphatic hydroxyl groups excluding tert-OH is 1. The Kier molecular flexibility index (Phi) is 23.2. The summed E-state index contributed by atoms with van der Waals surface area (Å²) in [4.78, 5) is 11.8. The summed E-state index contributed by atoms with van der Waals surface area (Å²) in [6, 6.07) is 0. The maximum atomic E-state index is 11.8. The largest absolute Gasteiger partial charge is 0.726 e. The van der Waals surface area contributed by atoms with Crippen molar-refractivity contribution in [2.24, 2.45) is 0 Å². The average molecular weight is 509 g/mol. The van der Waals surface area contributed by atoms with E-state index < -0.39 is 10.4 Å². The van der Waals surface area contributed by atoms with Crippen molar-refractivity contribution in [1.29, 1.82) is 0 Å². The van der Waals surface area contributed by atoms with E-state index in [-0.39, 0.29) is 12.0 Å². The third kappa shape index (κ3) is 33.2. The van der Waals surface area contributed by atoms with Crippen LogP contribution in [0.4, 0.5) is 0 Å². The molecule has 0 heterocycles. The van der Waals surface area contributed by atoms with E-state index in [1.807, 2.05) is 0 Å². The van der Waals surface area contributed by atoms with Crippen molar-refractivity contribution >= 4 is 16.3 Å². The third-order valence-electron chi connectivity index (χ3n) is 5.27. The molecule has 9 heteroatoms. The van der Waals surface area contributed by atoms with Gasteiger partial charge in [-0.25, -0.2) is 8.42 Å². The van der Waals surface area contributed by atoms with E-state index in [2.05, 4.69) is 49.7 Å². The number of carbonyl (C=O) groups is 1. The Labute approximate surface area is 209 Å². The number of amides is 1. The molecule has 0 unspecified atom stereocenters. The van der Waals surface area contributed by atoms with E-state index >= 15 is 0 Å². The highest BCUT2D eigenvalue weighted by Crippen LogP contribution is 2.10. The molecule has 2 N–H and O–H groups in total. The van der Waals surface area contributed by atoms with Crippen LogP contribution in [0.1, 0.15) is 96.8 Å². The summed E-state index contributed by atoms with van der Waals surface area (Å²) in [5.41, 5.74) is 0. The van der Waals surface area contributed by atoms with Gasteiger partial charge in [0.05, 0.1) is 40.9 Å². The van der Waals surface area contributed by atoms with Crippen molar-refractivity contribution in [3.63, 3.8) is 0 Å². The van der Waals surface area contributed by atoms with E-state index in [0.29, 0.717) is 6.42 Å². The van der Waals surface area contributed by atoms with Gasteiger partial charge in [-0.1, -0.05) is 64.0 Å². The van der Waals surface area contributed by atoms with Crippen molar-refractivity contribution in [3.8, 4) is 0 Å². The fourth-order valence-electron chi connectivity index (χ4n) is 3.24. The third-order valence-corrected chi connectivity index (χ3v) is 5.68. The summed E-state index contributed by atoms with van der Waals surface area (Å²) in [5, 5.41) is 12.9. The normalized spacial score (nSPS) is 12.9. The number of allylic oxidation sites excluding steroid dienone is 1. The van der Waals surface area contributed by atoms with Crippen molar-refractivity contribution in [2.45, 2.75) is 103 Å². The fraction of sp³-hybridized carbons (Fsp3) is 0.880. The van der Waals surface area contributed by atoms with Gasteiger partial charge >= 0.3 is 0 Å². The second-order valence-corrected chi connectivity index (χ2v) is 11.0. The average Bonchev–Trinajstić information content (AvgIpc) is 2.75. The first-order valence-corrected chi connectivity index (χ1v) is 14.2. The Bertz CT molecular complexity index is 603. The lowest BCUT2D eigenvalue weighted by Gasteiger charge is -2.23. The van der Waals surface area contributed by atoms with E-state index in [1.54, 1.807) is 0 Å². The van der Waals surface area contributed by atoms with Crippen LogP contribution in [0, 0.1) is 0 Å². The second kappa shape index (κ2) is 22.5. The monoisotopic (exact) mass is 508 g/mol. The topological polar surface area (TPSA) is 116 Å². The van der Waals surface area contributed by atoms with E-state index in [1.165, 1.54) is 38.5 Å². The SMILES string of the molecule is CCCCCC[C@@H](O)C/C=C\CCCCCCCC(=O)NCCC[N+](C)(C)C.COS(=O)(=O)[O-]. The highest BCUT2D eigenvalue weighted by atomic mass is 32.3. The summed E-state index contributed by atoms with van der Waals surface area (Å²) in [6.07, 6.45) is 19.5. The smallest absolute Gasteiger partial charge is 0.219 e. The van der Waals surface area contributed by atoms with Crippen LogP contribution in [-0.2, 0) is 19.4 Å². The fourth-order valence-corrected chi connectivity index (χ4v) is 3.24. The minimum atomic E-state index is -4.41. The number of rotatable bonds is 20. The standard InChI is InChI=1S/C24H48N2O2.CH4O4S/c1-5-6-7-14-18-23(27)19-15-12-10-8-9-11-13-16-20-24(28)25-21-17-22-26(2,3)4;1-5-6(2,3)4/h12,15,23,27H,5-11,13-14,16-22H2,1-4H3;1H3,(H,2,3,4)/b15-12-;/t23-;/m1./s1. The molecular weight excluding hydrogens is 456 g/mol. The van der Waals surface area contributed by atoms with Crippen LogP contribution in [0.3, 0.4) is 0 Å². The van der Waals surface area contributed by atoms with Gasteiger partial charge in [-0.05, 0) is 32.1 Å². The highest BCUT2D eigenvalue weighted by molar-refractivity contribution is 7.80. The lowest BCUT2D eigenvalue weighted by Crippen LogP contribution is -2.37. The lowest BCUT2D eigenvalue weighted by molar-refractivity contribution is -0.870. The second-order valence-electron chi connectivity index (χ2n) is 9.81. The van der Waals surface area contributed by atoms with Gasteiger partial charge in [0.25, 0.3) is 0 Å². The Morgan fingerprint density at radius 2 is 1.59 bits per heavy atom. The summed E-state index contributed by atoms with van der Waals surface area (Å²) in [6.45, 7) is 4.10. The number of carbonyl (C=O) groups excluding carboxylic acids is 1. The number of nitrogens with zero attached hydrogens (tertiary/aromatic N) is 1. The van der Waals surface area contributed by atoms with Crippen LogP contribution in [0.25, 0.3) is 0 Å². The van der Waals surface area contributed by atoms with Crippen molar-refractivity contribution in [1.82, 2.24) is 5.32 Å². The van der Waals surface area contributed by atoms with Crippen LogP contribution in [0.2, 0.25) is 0 Å².